The van der Waals surface area contributed by atoms with E-state index in [4.69, 9.17) is 32.7 Å². The van der Waals surface area contributed by atoms with Crippen molar-refractivity contribution >= 4 is 62.0 Å². The van der Waals surface area contributed by atoms with Crippen LogP contribution in [0.4, 0.5) is 0 Å². The Hall–Kier alpha value is -1.72. The summed E-state index contributed by atoms with van der Waals surface area (Å²) < 4.78 is 11.9. The zero-order valence-corrected chi connectivity index (χ0v) is 21.4. The normalized spacial score (nSPS) is 19.8. The van der Waals surface area contributed by atoms with E-state index in [1.807, 2.05) is 13.8 Å². The van der Waals surface area contributed by atoms with Gasteiger partial charge in [0.25, 0.3) is 0 Å². The quantitative estimate of drug-likeness (QED) is 0.305. The number of ether oxygens (including phenoxy) is 2. The molecule has 1 aliphatic rings. The van der Waals surface area contributed by atoms with Crippen molar-refractivity contribution in [2.24, 2.45) is 5.92 Å². The van der Waals surface area contributed by atoms with Gasteiger partial charge in [-0.15, -0.1) is 0 Å². The highest BCUT2D eigenvalue weighted by Crippen LogP contribution is 2.45. The molecule has 2 aromatic rings. The molecule has 9 heteroatoms. The largest absolute Gasteiger partial charge is 0.486 e. The minimum Gasteiger partial charge on any atom is -0.486 e. The molecule has 3 atom stereocenters. The Morgan fingerprint density at radius 2 is 1.91 bits per heavy atom. The Morgan fingerprint density at radius 1 is 1.25 bits per heavy atom. The topological polar surface area (TPSA) is 76.4 Å². The van der Waals surface area contributed by atoms with E-state index >= 15 is 0 Å². The summed E-state index contributed by atoms with van der Waals surface area (Å²) in [6, 6.07) is 11.8. The predicted molar refractivity (Wildman–Crippen MR) is 130 cm³/mol. The van der Waals surface area contributed by atoms with Gasteiger partial charge in [0.2, 0.25) is 5.12 Å². The molecule has 0 saturated heterocycles. The Kier molecular flexibility index (Phi) is 7.82. The molecule has 0 spiro atoms. The maximum Gasteiger partial charge on any atom is 0.310 e. The highest BCUT2D eigenvalue weighted by molar-refractivity contribution is 9.09. The van der Waals surface area contributed by atoms with Crippen molar-refractivity contribution in [1.29, 1.82) is 5.26 Å². The summed E-state index contributed by atoms with van der Waals surface area (Å²) in [4.78, 5) is 25.0. The smallest absolute Gasteiger partial charge is 0.310 e. The number of thioether (sulfide) groups is 1. The van der Waals surface area contributed by atoms with Gasteiger partial charge >= 0.3 is 5.97 Å². The van der Waals surface area contributed by atoms with Gasteiger partial charge < -0.3 is 9.47 Å². The third-order valence-electron chi connectivity index (χ3n) is 4.96. The number of nitrogens with zero attached hydrogens (tertiary/aromatic N) is 1. The van der Waals surface area contributed by atoms with E-state index in [-0.39, 0.29) is 15.7 Å². The van der Waals surface area contributed by atoms with Gasteiger partial charge in [0.1, 0.15) is 17.5 Å². The van der Waals surface area contributed by atoms with Crippen molar-refractivity contribution in [3.63, 3.8) is 0 Å². The number of alkyl halides is 1. The number of halogens is 3. The standard InChI is InChI=1S/C23H20BrCl2NO4S/c1-12(11-32-22(29)14-7-15(25)9-16(26)8-14)21(28)30-19-17-6-13(10-27)4-5-18(17)31-23(2,3)20(19)24/h4-9,12,19-20H,11H2,1-3H3/t12-,19-,20+/m1/s1. The van der Waals surface area contributed by atoms with Crippen LogP contribution in [0.5, 0.6) is 5.75 Å². The first kappa shape index (κ1) is 24.9. The van der Waals surface area contributed by atoms with Crippen LogP contribution in [-0.2, 0) is 9.53 Å². The molecule has 1 aliphatic heterocycles. The van der Waals surface area contributed by atoms with Gasteiger partial charge in [0.05, 0.1) is 22.4 Å². The van der Waals surface area contributed by atoms with Crippen LogP contribution in [0.1, 0.15) is 48.4 Å². The molecule has 0 unspecified atom stereocenters. The van der Waals surface area contributed by atoms with E-state index in [1.165, 1.54) is 12.1 Å². The van der Waals surface area contributed by atoms with Crippen molar-refractivity contribution in [1.82, 2.24) is 0 Å². The third-order valence-corrected chi connectivity index (χ3v) is 8.14. The molecule has 168 valence electrons. The number of carbonyl (C=O) groups is 2. The summed E-state index contributed by atoms with van der Waals surface area (Å²) >= 11 is 16.5. The summed E-state index contributed by atoms with van der Waals surface area (Å²) in [5, 5.41) is 9.76. The number of carbonyl (C=O) groups excluding carboxylic acids is 2. The van der Waals surface area contributed by atoms with Crippen molar-refractivity contribution < 1.29 is 19.1 Å². The minimum atomic E-state index is -0.649. The number of nitriles is 1. The predicted octanol–water partition coefficient (Wildman–Crippen LogP) is 6.59. The van der Waals surface area contributed by atoms with E-state index in [0.717, 1.165) is 11.8 Å². The summed E-state index contributed by atoms with van der Waals surface area (Å²) in [5.74, 6) is -0.203. The van der Waals surface area contributed by atoms with E-state index in [2.05, 4.69) is 22.0 Å². The van der Waals surface area contributed by atoms with E-state index in [1.54, 1.807) is 31.2 Å². The van der Waals surface area contributed by atoms with Gasteiger partial charge in [-0.3, -0.25) is 9.59 Å². The van der Waals surface area contributed by atoms with Gasteiger partial charge in [-0.25, -0.2) is 0 Å². The molecule has 0 aromatic heterocycles. The first-order valence-electron chi connectivity index (χ1n) is 9.72. The van der Waals surface area contributed by atoms with Crippen LogP contribution < -0.4 is 4.74 Å². The number of fused-ring (bicyclic) bond motifs is 1. The first-order chi connectivity index (χ1) is 15.0. The molecule has 2 aromatic carbocycles. The molecule has 1 heterocycles. The fraction of sp³-hybridized carbons (Fsp3) is 0.348. The summed E-state index contributed by atoms with van der Waals surface area (Å²) in [7, 11) is 0. The molecule has 0 fully saturated rings. The summed E-state index contributed by atoms with van der Waals surface area (Å²) in [6.07, 6.45) is -0.649. The lowest BCUT2D eigenvalue weighted by molar-refractivity contribution is -0.156. The van der Waals surface area contributed by atoms with Crippen molar-refractivity contribution in [3.8, 4) is 11.8 Å². The SMILES string of the molecule is C[C@H](CSC(=O)c1cc(Cl)cc(Cl)c1)C(=O)O[C@@H]1c2cc(C#N)ccc2OC(C)(C)[C@H]1Br. The molecule has 0 N–H and O–H groups in total. The second kappa shape index (κ2) is 10.0. The van der Waals surface area contributed by atoms with E-state index < -0.39 is 23.6 Å². The monoisotopic (exact) mass is 555 g/mol. The number of hydrogen-bond donors (Lipinski definition) is 0. The molecular formula is C23H20BrCl2NO4S. The van der Waals surface area contributed by atoms with Gasteiger partial charge in [-0.2, -0.15) is 5.26 Å². The van der Waals surface area contributed by atoms with E-state index in [0.29, 0.717) is 32.5 Å². The van der Waals surface area contributed by atoms with Gasteiger partial charge in [0.15, 0.2) is 0 Å². The van der Waals surface area contributed by atoms with Crippen LogP contribution in [0, 0.1) is 17.2 Å². The molecule has 0 radical (unpaired) electrons. The molecule has 0 saturated carbocycles. The lowest BCUT2D eigenvalue weighted by Gasteiger charge is -2.41. The Balaban J connectivity index is 1.71. The van der Waals surface area contributed by atoms with Crippen LogP contribution >= 0.6 is 50.9 Å². The van der Waals surface area contributed by atoms with E-state index in [9.17, 15) is 14.9 Å². The van der Waals surface area contributed by atoms with Crippen molar-refractivity contribution in [2.45, 2.75) is 37.3 Å². The second-order valence-corrected chi connectivity index (χ2v) is 10.8. The van der Waals surface area contributed by atoms with Crippen LogP contribution in [-0.4, -0.2) is 27.3 Å². The Bertz CT molecular complexity index is 1080. The number of benzene rings is 2. The highest BCUT2D eigenvalue weighted by atomic mass is 79.9. The second-order valence-electron chi connectivity index (χ2n) is 7.99. The Morgan fingerprint density at radius 3 is 2.53 bits per heavy atom. The summed E-state index contributed by atoms with van der Waals surface area (Å²) in [5.41, 5.74) is 0.800. The highest BCUT2D eigenvalue weighted by Gasteiger charge is 2.45. The van der Waals surface area contributed by atoms with Crippen LogP contribution in [0.3, 0.4) is 0 Å². The lowest BCUT2D eigenvalue weighted by Crippen LogP contribution is -2.47. The fourth-order valence-electron chi connectivity index (χ4n) is 3.18. The number of esters is 1. The molecular weight excluding hydrogens is 537 g/mol. The lowest BCUT2D eigenvalue weighted by atomic mass is 9.90. The van der Waals surface area contributed by atoms with Crippen LogP contribution in [0.25, 0.3) is 0 Å². The minimum absolute atomic E-state index is 0.229. The maximum atomic E-state index is 12.9. The maximum absolute atomic E-state index is 12.9. The molecule has 0 bridgehead atoms. The molecule has 32 heavy (non-hydrogen) atoms. The Labute approximate surface area is 209 Å². The number of hydrogen-bond acceptors (Lipinski definition) is 6. The van der Waals surface area contributed by atoms with Crippen molar-refractivity contribution in [3.05, 3.63) is 63.1 Å². The van der Waals surface area contributed by atoms with Crippen LogP contribution in [0.15, 0.2) is 36.4 Å². The van der Waals surface area contributed by atoms with Gasteiger partial charge in [-0.1, -0.05) is 57.8 Å². The first-order valence-corrected chi connectivity index (χ1v) is 12.4. The van der Waals surface area contributed by atoms with Crippen LogP contribution in [0.2, 0.25) is 10.0 Å². The zero-order chi connectivity index (χ0) is 23.6. The molecule has 5 nitrogen and oxygen atoms in total. The molecule has 0 aliphatic carbocycles. The average Bonchev–Trinajstić information content (AvgIpc) is 2.73. The molecule has 3 rings (SSSR count). The average molecular weight is 557 g/mol. The van der Waals surface area contributed by atoms with Gasteiger partial charge in [-0.05, 0) is 50.2 Å². The van der Waals surface area contributed by atoms with Gasteiger partial charge in [0, 0.05) is 26.9 Å². The van der Waals surface area contributed by atoms with Crippen molar-refractivity contribution in [2.75, 3.05) is 5.75 Å². The molecule has 0 amide bonds. The summed E-state index contributed by atoms with van der Waals surface area (Å²) in [6.45, 7) is 5.48. The third kappa shape index (κ3) is 5.60. The number of rotatable bonds is 5. The zero-order valence-electron chi connectivity index (χ0n) is 17.5. The fourth-order valence-corrected chi connectivity index (χ4v) is 5.02.